The van der Waals surface area contributed by atoms with Crippen molar-refractivity contribution in [3.05, 3.63) is 59.8 Å². The highest BCUT2D eigenvalue weighted by molar-refractivity contribution is 5.88. The Morgan fingerprint density at radius 3 is 2.58 bits per heavy atom. The molecule has 1 unspecified atom stereocenters. The van der Waals surface area contributed by atoms with Crippen LogP contribution in [0.4, 0.5) is 4.39 Å². The fraction of sp³-hybridized carbons (Fsp3) is 0.450. The van der Waals surface area contributed by atoms with Crippen LogP contribution >= 0.6 is 0 Å². The smallest absolute Gasteiger partial charge is 0.230 e. The van der Waals surface area contributed by atoms with Crippen LogP contribution < -0.4 is 5.32 Å². The molecule has 2 aromatic rings. The van der Waals surface area contributed by atoms with E-state index in [1.165, 1.54) is 12.1 Å². The first kappa shape index (κ1) is 18.6. The van der Waals surface area contributed by atoms with E-state index in [4.69, 9.17) is 9.15 Å². The maximum atomic E-state index is 13.3. The van der Waals surface area contributed by atoms with Crippen LogP contribution in [0.25, 0.3) is 0 Å². The SMILES string of the molecule is CC(O)(CNC(=O)C1(c2ccc(F)cc2)CCOCC1)Cc1ccco1. The molecule has 1 aromatic heterocycles. The molecule has 1 aromatic carbocycles. The van der Waals surface area contributed by atoms with Crippen molar-refractivity contribution in [3.63, 3.8) is 0 Å². The Bertz CT molecular complexity index is 719. The molecule has 1 aliphatic heterocycles. The average Bonchev–Trinajstić information content (AvgIpc) is 3.13. The molecule has 26 heavy (non-hydrogen) atoms. The maximum absolute atomic E-state index is 13.3. The van der Waals surface area contributed by atoms with Gasteiger partial charge in [0.15, 0.2) is 0 Å². The second-order valence-corrected chi connectivity index (χ2v) is 7.14. The molecule has 0 saturated carbocycles. The second kappa shape index (κ2) is 7.60. The zero-order chi connectivity index (χ0) is 18.6. The van der Waals surface area contributed by atoms with Crippen molar-refractivity contribution in [2.24, 2.45) is 0 Å². The summed E-state index contributed by atoms with van der Waals surface area (Å²) in [6.45, 7) is 2.68. The third kappa shape index (κ3) is 4.14. The van der Waals surface area contributed by atoms with Gasteiger partial charge in [-0.15, -0.1) is 0 Å². The largest absolute Gasteiger partial charge is 0.469 e. The third-order valence-corrected chi connectivity index (χ3v) is 4.94. The predicted octanol–water partition coefficient (Wildman–Crippen LogP) is 2.58. The summed E-state index contributed by atoms with van der Waals surface area (Å²) in [5.74, 6) is 0.147. The number of carbonyl (C=O) groups excluding carboxylic acids is 1. The number of halogens is 1. The predicted molar refractivity (Wildman–Crippen MR) is 94.2 cm³/mol. The van der Waals surface area contributed by atoms with E-state index in [2.05, 4.69) is 5.32 Å². The quantitative estimate of drug-likeness (QED) is 0.830. The molecular weight excluding hydrogens is 337 g/mol. The van der Waals surface area contributed by atoms with Crippen LogP contribution in [0.3, 0.4) is 0 Å². The Balaban J connectivity index is 1.72. The Labute approximate surface area is 152 Å². The number of amides is 1. The first-order chi connectivity index (χ1) is 12.4. The second-order valence-electron chi connectivity index (χ2n) is 7.14. The minimum atomic E-state index is -1.14. The molecule has 1 amide bonds. The standard InChI is InChI=1S/C20H24FNO4/c1-19(24,13-17-3-2-10-26-17)14-22-18(23)20(8-11-25-12-9-20)15-4-6-16(21)7-5-15/h2-7,10,24H,8-9,11-14H2,1H3,(H,22,23). The number of furan rings is 1. The summed E-state index contributed by atoms with van der Waals surface area (Å²) in [4.78, 5) is 13.1. The monoisotopic (exact) mass is 361 g/mol. The molecule has 2 N–H and O–H groups in total. The molecule has 1 atom stereocenters. The summed E-state index contributed by atoms with van der Waals surface area (Å²) >= 11 is 0. The highest BCUT2D eigenvalue weighted by Crippen LogP contribution is 2.35. The number of benzene rings is 1. The zero-order valence-corrected chi connectivity index (χ0v) is 14.8. The average molecular weight is 361 g/mol. The van der Waals surface area contributed by atoms with E-state index in [0.717, 1.165) is 5.56 Å². The van der Waals surface area contributed by atoms with Gasteiger partial charge in [0.05, 0.1) is 17.3 Å². The molecular formula is C20H24FNO4. The van der Waals surface area contributed by atoms with Crippen molar-refractivity contribution >= 4 is 5.91 Å². The minimum Gasteiger partial charge on any atom is -0.469 e. The van der Waals surface area contributed by atoms with E-state index in [1.54, 1.807) is 37.5 Å². The number of aliphatic hydroxyl groups is 1. The molecule has 1 aliphatic rings. The van der Waals surface area contributed by atoms with Gasteiger partial charge in [-0.3, -0.25) is 4.79 Å². The highest BCUT2D eigenvalue weighted by atomic mass is 19.1. The molecule has 0 radical (unpaired) electrons. The van der Waals surface area contributed by atoms with E-state index < -0.39 is 11.0 Å². The lowest BCUT2D eigenvalue weighted by Crippen LogP contribution is -2.52. The summed E-state index contributed by atoms with van der Waals surface area (Å²) in [6, 6.07) is 9.59. The molecule has 1 saturated heterocycles. The summed E-state index contributed by atoms with van der Waals surface area (Å²) in [6.07, 6.45) is 2.89. The van der Waals surface area contributed by atoms with Crippen LogP contribution in [0.2, 0.25) is 0 Å². The van der Waals surface area contributed by atoms with Crippen LogP contribution in [-0.2, 0) is 21.4 Å². The Kier molecular flexibility index (Phi) is 5.44. The molecule has 0 spiro atoms. The van der Waals surface area contributed by atoms with Crippen LogP contribution in [0.15, 0.2) is 47.1 Å². The van der Waals surface area contributed by atoms with E-state index in [-0.39, 0.29) is 18.3 Å². The van der Waals surface area contributed by atoms with Crippen molar-refractivity contribution in [1.82, 2.24) is 5.32 Å². The van der Waals surface area contributed by atoms with Gasteiger partial charge in [-0.1, -0.05) is 12.1 Å². The van der Waals surface area contributed by atoms with Crippen molar-refractivity contribution in [1.29, 1.82) is 0 Å². The van der Waals surface area contributed by atoms with Crippen LogP contribution in [-0.4, -0.2) is 36.4 Å². The van der Waals surface area contributed by atoms with Crippen molar-refractivity contribution in [3.8, 4) is 0 Å². The lowest BCUT2D eigenvalue weighted by Gasteiger charge is -2.37. The van der Waals surface area contributed by atoms with E-state index in [0.29, 0.717) is 38.2 Å². The Hall–Kier alpha value is -2.18. The third-order valence-electron chi connectivity index (χ3n) is 4.94. The van der Waals surface area contributed by atoms with E-state index in [9.17, 15) is 14.3 Å². The number of ether oxygens (including phenoxy) is 1. The number of hydrogen-bond donors (Lipinski definition) is 2. The molecule has 5 nitrogen and oxygen atoms in total. The Morgan fingerprint density at radius 2 is 1.96 bits per heavy atom. The van der Waals surface area contributed by atoms with Gasteiger partial charge in [-0.2, -0.15) is 0 Å². The van der Waals surface area contributed by atoms with E-state index in [1.807, 2.05) is 0 Å². The number of nitrogens with one attached hydrogen (secondary N) is 1. The van der Waals surface area contributed by atoms with Gasteiger partial charge in [-0.25, -0.2) is 4.39 Å². The zero-order valence-electron chi connectivity index (χ0n) is 14.8. The van der Waals surface area contributed by atoms with Crippen molar-refractivity contribution < 1.29 is 23.4 Å². The lowest BCUT2D eigenvalue weighted by molar-refractivity contribution is -0.131. The van der Waals surface area contributed by atoms with Gasteiger partial charge in [-0.05, 0) is 49.6 Å². The maximum Gasteiger partial charge on any atom is 0.230 e. The van der Waals surface area contributed by atoms with Crippen molar-refractivity contribution in [2.75, 3.05) is 19.8 Å². The molecule has 0 bridgehead atoms. The molecule has 3 rings (SSSR count). The Morgan fingerprint density at radius 1 is 1.27 bits per heavy atom. The highest BCUT2D eigenvalue weighted by Gasteiger charge is 2.42. The van der Waals surface area contributed by atoms with Gasteiger partial charge in [0.25, 0.3) is 0 Å². The molecule has 1 fully saturated rings. The summed E-state index contributed by atoms with van der Waals surface area (Å²) in [5.41, 5.74) is -1.14. The fourth-order valence-electron chi connectivity index (χ4n) is 3.43. The van der Waals surface area contributed by atoms with Gasteiger partial charge < -0.3 is 19.6 Å². The van der Waals surface area contributed by atoms with Crippen LogP contribution in [0.5, 0.6) is 0 Å². The molecule has 2 heterocycles. The molecule has 6 heteroatoms. The normalized spacial score (nSPS) is 18.9. The van der Waals surface area contributed by atoms with Crippen LogP contribution in [0.1, 0.15) is 31.1 Å². The number of rotatable bonds is 6. The first-order valence-corrected chi connectivity index (χ1v) is 8.78. The lowest BCUT2D eigenvalue weighted by atomic mass is 9.73. The topological polar surface area (TPSA) is 71.7 Å². The van der Waals surface area contributed by atoms with Gasteiger partial charge >= 0.3 is 0 Å². The summed E-state index contributed by atoms with van der Waals surface area (Å²) < 4.78 is 24.0. The van der Waals surface area contributed by atoms with Gasteiger partial charge in [0.1, 0.15) is 11.6 Å². The van der Waals surface area contributed by atoms with Gasteiger partial charge in [0.2, 0.25) is 5.91 Å². The summed E-state index contributed by atoms with van der Waals surface area (Å²) in [7, 11) is 0. The fourth-order valence-corrected chi connectivity index (χ4v) is 3.43. The van der Waals surface area contributed by atoms with Crippen molar-refractivity contribution in [2.45, 2.75) is 37.2 Å². The van der Waals surface area contributed by atoms with E-state index >= 15 is 0 Å². The van der Waals surface area contributed by atoms with Gasteiger partial charge in [0, 0.05) is 26.2 Å². The molecule has 140 valence electrons. The van der Waals surface area contributed by atoms with Crippen LogP contribution in [0, 0.1) is 5.82 Å². The molecule has 0 aliphatic carbocycles. The number of carbonyl (C=O) groups is 1. The summed E-state index contributed by atoms with van der Waals surface area (Å²) in [5, 5.41) is 13.5. The minimum absolute atomic E-state index is 0.0936. The number of hydrogen-bond acceptors (Lipinski definition) is 4. The first-order valence-electron chi connectivity index (χ1n) is 8.78.